The van der Waals surface area contributed by atoms with Crippen molar-refractivity contribution in [1.82, 2.24) is 4.98 Å². The van der Waals surface area contributed by atoms with Crippen molar-refractivity contribution in [3.63, 3.8) is 0 Å². The third-order valence-corrected chi connectivity index (χ3v) is 5.68. The number of anilines is 2. The summed E-state index contributed by atoms with van der Waals surface area (Å²) < 4.78 is 0. The van der Waals surface area contributed by atoms with Crippen LogP contribution in [0.1, 0.15) is 17.5 Å². The van der Waals surface area contributed by atoms with Crippen LogP contribution < -0.4 is 10.2 Å². The summed E-state index contributed by atoms with van der Waals surface area (Å²) in [6.45, 7) is 4.44. The molecule has 1 fully saturated rings. The van der Waals surface area contributed by atoms with Gasteiger partial charge in [0.15, 0.2) is 5.13 Å². The van der Waals surface area contributed by atoms with Gasteiger partial charge in [-0.1, -0.05) is 47.5 Å². The third-order valence-electron chi connectivity index (χ3n) is 4.92. The zero-order chi connectivity index (χ0) is 19.7. The van der Waals surface area contributed by atoms with Gasteiger partial charge >= 0.3 is 0 Å². The minimum Gasteiger partial charge on any atom is -0.312 e. The van der Waals surface area contributed by atoms with Crippen LogP contribution in [-0.4, -0.2) is 23.3 Å². The van der Waals surface area contributed by atoms with Crippen LogP contribution in [0.15, 0.2) is 53.9 Å². The van der Waals surface area contributed by atoms with Gasteiger partial charge in [-0.05, 0) is 26.0 Å². The largest absolute Gasteiger partial charge is 0.312 e. The lowest BCUT2D eigenvalue weighted by molar-refractivity contribution is -0.122. The molecule has 1 aliphatic rings. The van der Waals surface area contributed by atoms with Crippen LogP contribution in [0, 0.1) is 19.8 Å². The predicted octanol–water partition coefficient (Wildman–Crippen LogP) is 4.42. The molecule has 6 heteroatoms. The highest BCUT2D eigenvalue weighted by molar-refractivity contribution is 7.14. The maximum absolute atomic E-state index is 12.7. The highest BCUT2D eigenvalue weighted by Gasteiger charge is 2.35. The van der Waals surface area contributed by atoms with Gasteiger partial charge < -0.3 is 10.2 Å². The van der Waals surface area contributed by atoms with E-state index >= 15 is 0 Å². The third kappa shape index (κ3) is 3.82. The minimum absolute atomic E-state index is 0.0245. The van der Waals surface area contributed by atoms with Crippen LogP contribution in [0.3, 0.4) is 0 Å². The number of nitrogens with one attached hydrogen (secondary N) is 1. The second-order valence-electron chi connectivity index (χ2n) is 7.13. The van der Waals surface area contributed by atoms with Crippen LogP contribution in [0.4, 0.5) is 10.8 Å². The second-order valence-corrected chi connectivity index (χ2v) is 7.99. The first-order chi connectivity index (χ1) is 13.5. The van der Waals surface area contributed by atoms with Gasteiger partial charge in [0.2, 0.25) is 11.8 Å². The van der Waals surface area contributed by atoms with Crippen molar-refractivity contribution in [2.45, 2.75) is 20.3 Å². The highest BCUT2D eigenvalue weighted by atomic mass is 32.1. The maximum atomic E-state index is 12.7. The van der Waals surface area contributed by atoms with Crippen molar-refractivity contribution in [3.05, 3.63) is 65.0 Å². The lowest BCUT2D eigenvalue weighted by Gasteiger charge is -2.16. The molecule has 1 saturated heterocycles. The Hall–Kier alpha value is -2.99. The lowest BCUT2D eigenvalue weighted by atomic mass is 10.1. The number of nitrogens with zero attached hydrogens (tertiary/aromatic N) is 2. The first-order valence-electron chi connectivity index (χ1n) is 9.20. The molecular weight excluding hydrogens is 370 g/mol. The molecule has 0 unspecified atom stereocenters. The first-order valence-corrected chi connectivity index (χ1v) is 10.1. The molecule has 2 aromatic carbocycles. The number of thiazole rings is 1. The number of hydrogen-bond donors (Lipinski definition) is 1. The summed E-state index contributed by atoms with van der Waals surface area (Å²) in [5.74, 6) is -0.559. The van der Waals surface area contributed by atoms with Crippen molar-refractivity contribution in [2.75, 3.05) is 16.8 Å². The zero-order valence-electron chi connectivity index (χ0n) is 15.8. The summed E-state index contributed by atoms with van der Waals surface area (Å²) in [7, 11) is 0. The Labute approximate surface area is 168 Å². The Morgan fingerprint density at radius 1 is 1.07 bits per heavy atom. The molecule has 3 aromatic rings. The fraction of sp³-hybridized carbons (Fsp3) is 0.227. The molecule has 0 saturated carbocycles. The molecule has 0 radical (unpaired) electrons. The van der Waals surface area contributed by atoms with E-state index in [1.165, 1.54) is 16.9 Å². The molecule has 1 aromatic heterocycles. The Morgan fingerprint density at radius 2 is 1.71 bits per heavy atom. The molecule has 1 N–H and O–H groups in total. The van der Waals surface area contributed by atoms with Crippen molar-refractivity contribution in [3.8, 4) is 11.3 Å². The van der Waals surface area contributed by atoms with Gasteiger partial charge in [0.1, 0.15) is 0 Å². The Balaban J connectivity index is 1.42. The number of carbonyl (C=O) groups excluding carboxylic acids is 2. The highest BCUT2D eigenvalue weighted by Crippen LogP contribution is 2.28. The molecule has 142 valence electrons. The fourth-order valence-electron chi connectivity index (χ4n) is 3.25. The monoisotopic (exact) mass is 391 g/mol. The fourth-order valence-corrected chi connectivity index (χ4v) is 3.98. The van der Waals surface area contributed by atoms with E-state index in [0.717, 1.165) is 22.5 Å². The molecule has 0 spiro atoms. The number of hydrogen-bond acceptors (Lipinski definition) is 4. The topological polar surface area (TPSA) is 62.3 Å². The number of rotatable bonds is 4. The number of amides is 2. The van der Waals surface area contributed by atoms with E-state index in [9.17, 15) is 9.59 Å². The van der Waals surface area contributed by atoms with Gasteiger partial charge in [-0.3, -0.25) is 9.59 Å². The van der Waals surface area contributed by atoms with Gasteiger partial charge in [0, 0.05) is 29.6 Å². The maximum Gasteiger partial charge on any atom is 0.231 e. The predicted molar refractivity (Wildman–Crippen MR) is 113 cm³/mol. The van der Waals surface area contributed by atoms with E-state index in [-0.39, 0.29) is 24.2 Å². The summed E-state index contributed by atoms with van der Waals surface area (Å²) in [6.07, 6.45) is 0.218. The number of benzene rings is 2. The normalized spacial score (nSPS) is 16.4. The van der Waals surface area contributed by atoms with Gasteiger partial charge in [-0.2, -0.15) is 0 Å². The summed E-state index contributed by atoms with van der Waals surface area (Å²) in [5, 5.41) is 5.36. The van der Waals surface area contributed by atoms with Gasteiger partial charge in [0.25, 0.3) is 0 Å². The summed E-state index contributed by atoms with van der Waals surface area (Å²) in [6, 6.07) is 15.9. The molecule has 1 atom stereocenters. The average Bonchev–Trinajstić information content (AvgIpc) is 3.30. The second kappa shape index (κ2) is 7.56. The average molecular weight is 391 g/mol. The molecular formula is C22H21N3O2S. The number of aryl methyl sites for hydroxylation is 2. The van der Waals surface area contributed by atoms with E-state index in [1.807, 2.05) is 67.8 Å². The van der Waals surface area contributed by atoms with Gasteiger partial charge in [-0.15, -0.1) is 11.3 Å². The van der Waals surface area contributed by atoms with E-state index in [0.29, 0.717) is 11.7 Å². The zero-order valence-corrected chi connectivity index (χ0v) is 16.6. The van der Waals surface area contributed by atoms with Crippen LogP contribution in [-0.2, 0) is 9.59 Å². The Kier molecular flexibility index (Phi) is 4.96. The molecule has 2 amide bonds. The minimum atomic E-state index is -0.375. The summed E-state index contributed by atoms with van der Waals surface area (Å²) in [5.41, 5.74) is 5.02. The van der Waals surface area contributed by atoms with Gasteiger partial charge in [-0.25, -0.2) is 4.98 Å². The smallest absolute Gasteiger partial charge is 0.231 e. The Morgan fingerprint density at radius 3 is 2.39 bits per heavy atom. The van der Waals surface area contributed by atoms with Crippen LogP contribution in [0.5, 0.6) is 0 Å². The molecule has 2 heterocycles. The van der Waals surface area contributed by atoms with Crippen molar-refractivity contribution < 1.29 is 9.59 Å². The number of aromatic nitrogens is 1. The molecule has 0 aliphatic carbocycles. The van der Waals surface area contributed by atoms with E-state index in [2.05, 4.69) is 10.3 Å². The van der Waals surface area contributed by atoms with Crippen LogP contribution in [0.2, 0.25) is 0 Å². The molecule has 5 nitrogen and oxygen atoms in total. The standard InChI is InChI=1S/C22H21N3O2S/c1-14-3-7-16(8-4-14)19-13-28-22(23-19)24-21(27)17-11-20(26)25(12-17)18-9-5-15(2)6-10-18/h3-10,13,17H,11-12H2,1-2H3,(H,23,24,27)/t17-/m0/s1. The number of carbonyl (C=O) groups is 2. The van der Waals surface area contributed by atoms with E-state index < -0.39 is 0 Å². The molecule has 0 bridgehead atoms. The van der Waals surface area contributed by atoms with E-state index in [4.69, 9.17) is 0 Å². The SMILES string of the molecule is Cc1ccc(-c2csc(NC(=O)[C@H]3CC(=O)N(c4ccc(C)cc4)C3)n2)cc1. The van der Waals surface area contributed by atoms with Crippen molar-refractivity contribution in [2.24, 2.45) is 5.92 Å². The molecule has 1 aliphatic heterocycles. The van der Waals surface area contributed by atoms with E-state index in [1.54, 1.807) is 4.90 Å². The van der Waals surface area contributed by atoms with Crippen molar-refractivity contribution >= 4 is 34.0 Å². The lowest BCUT2D eigenvalue weighted by Crippen LogP contribution is -2.28. The summed E-state index contributed by atoms with van der Waals surface area (Å²) in [4.78, 5) is 31.2. The van der Waals surface area contributed by atoms with Crippen LogP contribution in [0.25, 0.3) is 11.3 Å². The molecule has 4 rings (SSSR count). The molecule has 28 heavy (non-hydrogen) atoms. The van der Waals surface area contributed by atoms with Gasteiger partial charge in [0.05, 0.1) is 11.6 Å². The summed E-state index contributed by atoms with van der Waals surface area (Å²) >= 11 is 1.39. The quantitative estimate of drug-likeness (QED) is 0.716. The first kappa shape index (κ1) is 18.4. The Bertz CT molecular complexity index is 1010. The van der Waals surface area contributed by atoms with Crippen LogP contribution >= 0.6 is 11.3 Å². The van der Waals surface area contributed by atoms with Crippen molar-refractivity contribution in [1.29, 1.82) is 0 Å².